The second kappa shape index (κ2) is 7.28. The van der Waals surface area contributed by atoms with Crippen LogP contribution in [0.1, 0.15) is 25.3 Å². The summed E-state index contributed by atoms with van der Waals surface area (Å²) in [4.78, 5) is 2.29. The summed E-state index contributed by atoms with van der Waals surface area (Å²) in [7, 11) is 0. The zero-order chi connectivity index (χ0) is 14.4. The second-order valence-electron chi connectivity index (χ2n) is 5.59. The zero-order valence-corrected chi connectivity index (χ0v) is 12.0. The van der Waals surface area contributed by atoms with Crippen LogP contribution in [0.3, 0.4) is 0 Å². The maximum Gasteiger partial charge on any atom is 0.120 e. The average Bonchev–Trinajstić information content (AvgIpc) is 2.48. The van der Waals surface area contributed by atoms with Gasteiger partial charge in [0.15, 0.2) is 0 Å². The molecule has 0 spiro atoms. The highest BCUT2D eigenvalue weighted by molar-refractivity contribution is 5.36. The van der Waals surface area contributed by atoms with E-state index in [1.54, 1.807) is 24.3 Å². The minimum Gasteiger partial charge on any atom is -0.491 e. The summed E-state index contributed by atoms with van der Waals surface area (Å²) in [6.07, 6.45) is 1.92. The van der Waals surface area contributed by atoms with Crippen LogP contribution in [0.25, 0.3) is 0 Å². The van der Waals surface area contributed by atoms with E-state index in [9.17, 15) is 5.11 Å². The normalized spacial score (nSPS) is 18.4. The van der Waals surface area contributed by atoms with Gasteiger partial charge < -0.3 is 14.7 Å². The molecule has 1 saturated heterocycles. The molecule has 0 radical (unpaired) electrons. The van der Waals surface area contributed by atoms with E-state index in [-0.39, 0.29) is 6.61 Å². The summed E-state index contributed by atoms with van der Waals surface area (Å²) in [6, 6.07) is 9.08. The van der Waals surface area contributed by atoms with Gasteiger partial charge in [-0.3, -0.25) is 0 Å². The fourth-order valence-electron chi connectivity index (χ4n) is 2.44. The van der Waals surface area contributed by atoms with Crippen LogP contribution in [0.2, 0.25) is 0 Å². The van der Waals surface area contributed by atoms with Gasteiger partial charge in [0.05, 0.1) is 11.6 Å². The molecule has 1 unspecified atom stereocenters. The van der Waals surface area contributed by atoms with Crippen molar-refractivity contribution >= 4 is 0 Å². The second-order valence-corrected chi connectivity index (χ2v) is 5.59. The van der Waals surface area contributed by atoms with Crippen molar-refractivity contribution in [1.82, 2.24) is 4.90 Å². The number of nitriles is 1. The van der Waals surface area contributed by atoms with Crippen molar-refractivity contribution in [3.63, 3.8) is 0 Å². The van der Waals surface area contributed by atoms with Gasteiger partial charge in [0, 0.05) is 6.54 Å². The van der Waals surface area contributed by atoms with Gasteiger partial charge in [-0.2, -0.15) is 5.26 Å². The lowest BCUT2D eigenvalue weighted by atomic mass is 9.99. The van der Waals surface area contributed by atoms with Gasteiger partial charge in [-0.05, 0) is 50.0 Å². The van der Waals surface area contributed by atoms with Crippen molar-refractivity contribution in [2.24, 2.45) is 5.92 Å². The summed E-state index contributed by atoms with van der Waals surface area (Å²) < 4.78 is 5.55. The first-order valence-electron chi connectivity index (χ1n) is 7.20. The Morgan fingerprint density at radius 3 is 2.90 bits per heavy atom. The molecule has 4 heteroatoms. The first kappa shape index (κ1) is 14.8. The Morgan fingerprint density at radius 2 is 2.20 bits per heavy atom. The molecule has 1 aliphatic rings. The zero-order valence-electron chi connectivity index (χ0n) is 12.0. The van der Waals surface area contributed by atoms with Gasteiger partial charge in [0.1, 0.15) is 18.5 Å². The number of hydrogen-bond donors (Lipinski definition) is 1. The van der Waals surface area contributed by atoms with Gasteiger partial charge in [0.25, 0.3) is 0 Å². The van der Waals surface area contributed by atoms with Gasteiger partial charge in [-0.25, -0.2) is 0 Å². The average molecular weight is 274 g/mol. The van der Waals surface area contributed by atoms with Crippen LogP contribution in [0.5, 0.6) is 5.75 Å². The summed E-state index contributed by atoms with van der Waals surface area (Å²) >= 11 is 0. The monoisotopic (exact) mass is 274 g/mol. The Bertz CT molecular complexity index is 462. The first-order valence-corrected chi connectivity index (χ1v) is 7.20. The van der Waals surface area contributed by atoms with Crippen LogP contribution in [0.15, 0.2) is 24.3 Å². The topological polar surface area (TPSA) is 56.5 Å². The summed E-state index contributed by atoms with van der Waals surface area (Å²) in [5.41, 5.74) is 0.571. The van der Waals surface area contributed by atoms with E-state index in [0.29, 0.717) is 17.9 Å². The molecule has 0 bridgehead atoms. The van der Waals surface area contributed by atoms with Crippen molar-refractivity contribution in [3.8, 4) is 11.8 Å². The number of β-amino-alcohol motifs (C(OH)–C–C–N with tert-alkyl or cyclic N) is 1. The Morgan fingerprint density at radius 1 is 1.45 bits per heavy atom. The highest BCUT2D eigenvalue weighted by Crippen LogP contribution is 2.16. The van der Waals surface area contributed by atoms with Crippen molar-refractivity contribution in [3.05, 3.63) is 29.8 Å². The molecule has 1 aromatic carbocycles. The third-order valence-electron chi connectivity index (χ3n) is 3.75. The smallest absolute Gasteiger partial charge is 0.120 e. The highest BCUT2D eigenvalue weighted by Gasteiger charge is 2.18. The molecule has 1 atom stereocenters. The molecule has 20 heavy (non-hydrogen) atoms. The number of rotatable bonds is 5. The molecule has 1 fully saturated rings. The van der Waals surface area contributed by atoms with Gasteiger partial charge >= 0.3 is 0 Å². The van der Waals surface area contributed by atoms with Gasteiger partial charge in [-0.1, -0.05) is 13.0 Å². The molecule has 0 aliphatic carbocycles. The number of aliphatic hydroxyl groups excluding tert-OH is 1. The Labute approximate surface area is 120 Å². The number of benzene rings is 1. The van der Waals surface area contributed by atoms with Crippen LogP contribution in [-0.4, -0.2) is 42.4 Å². The van der Waals surface area contributed by atoms with E-state index in [2.05, 4.69) is 17.9 Å². The fraction of sp³-hybridized carbons (Fsp3) is 0.562. The molecule has 1 heterocycles. The Hall–Kier alpha value is -1.57. The van der Waals surface area contributed by atoms with Gasteiger partial charge in [-0.15, -0.1) is 0 Å². The molecular weight excluding hydrogens is 252 g/mol. The predicted molar refractivity (Wildman–Crippen MR) is 77.5 cm³/mol. The summed E-state index contributed by atoms with van der Waals surface area (Å²) in [5.74, 6) is 1.43. The number of aliphatic hydroxyl groups is 1. The van der Waals surface area contributed by atoms with Crippen LogP contribution >= 0.6 is 0 Å². The number of hydrogen-bond acceptors (Lipinski definition) is 4. The highest BCUT2D eigenvalue weighted by atomic mass is 16.5. The lowest BCUT2D eigenvalue weighted by Gasteiger charge is -2.31. The van der Waals surface area contributed by atoms with E-state index in [0.717, 1.165) is 19.0 Å². The number of likely N-dealkylation sites (tertiary alicyclic amines) is 1. The predicted octanol–water partition coefficient (Wildman–Crippen LogP) is 2.03. The van der Waals surface area contributed by atoms with Crippen LogP contribution < -0.4 is 4.74 Å². The Balaban J connectivity index is 1.74. The first-order chi connectivity index (χ1) is 9.67. The van der Waals surface area contributed by atoms with Crippen molar-refractivity contribution < 1.29 is 9.84 Å². The molecule has 1 N–H and O–H groups in total. The Kier molecular flexibility index (Phi) is 5.40. The van der Waals surface area contributed by atoms with Crippen molar-refractivity contribution in [1.29, 1.82) is 5.26 Å². The van der Waals surface area contributed by atoms with E-state index < -0.39 is 6.10 Å². The minimum atomic E-state index is -0.492. The number of piperidine rings is 1. The number of nitrogens with zero attached hydrogens (tertiary/aromatic N) is 2. The maximum atomic E-state index is 10.0. The van der Waals surface area contributed by atoms with E-state index >= 15 is 0 Å². The summed E-state index contributed by atoms with van der Waals surface area (Å²) in [5, 5.41) is 18.8. The summed E-state index contributed by atoms with van der Waals surface area (Å²) in [6.45, 7) is 5.31. The van der Waals surface area contributed by atoms with Crippen LogP contribution in [-0.2, 0) is 0 Å². The molecule has 0 aromatic heterocycles. The molecule has 2 rings (SSSR count). The molecule has 4 nitrogen and oxygen atoms in total. The van der Waals surface area contributed by atoms with Crippen molar-refractivity contribution in [2.45, 2.75) is 25.9 Å². The van der Waals surface area contributed by atoms with E-state index in [4.69, 9.17) is 10.00 Å². The van der Waals surface area contributed by atoms with Crippen LogP contribution in [0, 0.1) is 17.2 Å². The minimum absolute atomic E-state index is 0.265. The van der Waals surface area contributed by atoms with Crippen LogP contribution in [0.4, 0.5) is 0 Å². The van der Waals surface area contributed by atoms with E-state index in [1.807, 2.05) is 0 Å². The van der Waals surface area contributed by atoms with Gasteiger partial charge in [0.2, 0.25) is 0 Å². The quantitative estimate of drug-likeness (QED) is 0.892. The molecule has 108 valence electrons. The lowest BCUT2D eigenvalue weighted by molar-refractivity contribution is 0.0563. The molecular formula is C16H22N2O2. The molecule has 0 saturated carbocycles. The SMILES string of the molecule is CC1CCN(CC(O)COc2cccc(C#N)c2)CC1. The largest absolute Gasteiger partial charge is 0.491 e. The third-order valence-corrected chi connectivity index (χ3v) is 3.75. The third kappa shape index (κ3) is 4.52. The van der Waals surface area contributed by atoms with Crippen molar-refractivity contribution in [2.75, 3.05) is 26.2 Å². The lowest BCUT2D eigenvalue weighted by Crippen LogP contribution is -2.40. The molecule has 1 aromatic rings. The van der Waals surface area contributed by atoms with E-state index in [1.165, 1.54) is 12.8 Å². The standard InChI is InChI=1S/C16H22N2O2/c1-13-5-7-18(8-6-13)11-15(19)12-20-16-4-2-3-14(9-16)10-17/h2-4,9,13,15,19H,5-8,11-12H2,1H3. The number of ether oxygens (including phenoxy) is 1. The molecule has 0 amide bonds. The fourth-order valence-corrected chi connectivity index (χ4v) is 2.44. The maximum absolute atomic E-state index is 10.0. The molecule has 1 aliphatic heterocycles.